The molecule has 4 nitrogen and oxygen atoms in total. The van der Waals surface area contributed by atoms with Gasteiger partial charge >= 0.3 is 0 Å². The van der Waals surface area contributed by atoms with E-state index in [0.29, 0.717) is 6.61 Å². The summed E-state index contributed by atoms with van der Waals surface area (Å²) in [5.41, 5.74) is 9.64. The number of benzene rings is 2. The fraction of sp³-hybridized carbons (Fsp3) is 0.235. The highest BCUT2D eigenvalue weighted by Gasteiger charge is 2.20. The monoisotopic (exact) mass is 281 g/mol. The van der Waals surface area contributed by atoms with Crippen molar-refractivity contribution >= 4 is 17.2 Å². The van der Waals surface area contributed by atoms with Crippen LogP contribution >= 0.6 is 0 Å². The third-order valence-electron chi connectivity index (χ3n) is 3.67. The number of nitrogens with zero attached hydrogens (tertiary/aromatic N) is 1. The second kappa shape index (κ2) is 5.48. The number of para-hydroxylation sites is 2. The first-order valence-corrected chi connectivity index (χ1v) is 7.11. The van der Waals surface area contributed by atoms with Crippen LogP contribution in [0.2, 0.25) is 0 Å². The zero-order valence-electron chi connectivity index (χ0n) is 12.1. The van der Waals surface area contributed by atoms with Gasteiger partial charge in [-0.3, -0.25) is 5.41 Å². The van der Waals surface area contributed by atoms with Gasteiger partial charge in [0.15, 0.2) is 0 Å². The number of hydrogen-bond donors (Lipinski definition) is 2. The number of nitrogens with one attached hydrogen (secondary N) is 1. The Bertz CT molecular complexity index is 681. The van der Waals surface area contributed by atoms with Crippen LogP contribution in [-0.2, 0) is 0 Å². The summed E-state index contributed by atoms with van der Waals surface area (Å²) in [4.78, 5) is 2.19. The van der Waals surface area contributed by atoms with Gasteiger partial charge < -0.3 is 15.4 Å². The average Bonchev–Trinajstić information content (AvgIpc) is 2.69. The number of aryl methyl sites for hydroxylation is 1. The van der Waals surface area contributed by atoms with Gasteiger partial charge in [0, 0.05) is 12.1 Å². The first kappa shape index (κ1) is 13.5. The number of anilines is 2. The molecule has 0 aliphatic carbocycles. The minimum Gasteiger partial charge on any atom is -0.491 e. The van der Waals surface area contributed by atoms with Gasteiger partial charge in [-0.15, -0.1) is 0 Å². The van der Waals surface area contributed by atoms with Crippen molar-refractivity contribution in [3.63, 3.8) is 0 Å². The Kier molecular flexibility index (Phi) is 3.52. The summed E-state index contributed by atoms with van der Waals surface area (Å²) in [5.74, 6) is 0.974. The van der Waals surface area contributed by atoms with Crippen LogP contribution in [0.4, 0.5) is 11.4 Å². The summed E-state index contributed by atoms with van der Waals surface area (Å²) in [5, 5.41) is 7.85. The lowest BCUT2D eigenvalue weighted by molar-refractivity contribution is 0.322. The molecule has 4 heteroatoms. The minimum atomic E-state index is 0.0938. The third-order valence-corrected chi connectivity index (χ3v) is 3.67. The van der Waals surface area contributed by atoms with E-state index in [-0.39, 0.29) is 5.84 Å². The Morgan fingerprint density at radius 3 is 2.81 bits per heavy atom. The maximum atomic E-state index is 7.85. The van der Waals surface area contributed by atoms with E-state index in [0.717, 1.165) is 41.2 Å². The van der Waals surface area contributed by atoms with E-state index in [1.807, 2.05) is 43.3 Å². The summed E-state index contributed by atoms with van der Waals surface area (Å²) < 4.78 is 5.80. The van der Waals surface area contributed by atoms with Gasteiger partial charge in [-0.25, -0.2) is 0 Å². The Labute approximate surface area is 124 Å². The Morgan fingerprint density at radius 2 is 2.00 bits per heavy atom. The topological polar surface area (TPSA) is 62.3 Å². The van der Waals surface area contributed by atoms with Crippen molar-refractivity contribution in [2.75, 3.05) is 18.1 Å². The number of amidine groups is 1. The number of nitrogens with two attached hydrogens (primary N) is 1. The van der Waals surface area contributed by atoms with Gasteiger partial charge in [-0.2, -0.15) is 0 Å². The summed E-state index contributed by atoms with van der Waals surface area (Å²) in [7, 11) is 0. The van der Waals surface area contributed by atoms with Crippen molar-refractivity contribution in [2.24, 2.45) is 5.73 Å². The van der Waals surface area contributed by atoms with Crippen molar-refractivity contribution in [3.05, 3.63) is 53.6 Å². The normalized spacial score (nSPS) is 14.0. The number of hydrogen-bond acceptors (Lipinski definition) is 3. The number of rotatable bonds is 2. The maximum Gasteiger partial charge on any atom is 0.142 e. The van der Waals surface area contributed by atoms with Gasteiger partial charge in [0.1, 0.15) is 11.6 Å². The van der Waals surface area contributed by atoms with E-state index in [9.17, 15) is 0 Å². The van der Waals surface area contributed by atoms with E-state index in [4.69, 9.17) is 15.9 Å². The lowest BCUT2D eigenvalue weighted by Gasteiger charge is -2.26. The Balaban J connectivity index is 2.14. The molecule has 3 N–H and O–H groups in total. The van der Waals surface area contributed by atoms with Crippen molar-refractivity contribution in [2.45, 2.75) is 13.3 Å². The molecule has 0 unspecified atom stereocenters. The quantitative estimate of drug-likeness (QED) is 0.656. The van der Waals surface area contributed by atoms with Crippen molar-refractivity contribution in [3.8, 4) is 5.75 Å². The molecule has 0 radical (unpaired) electrons. The second-order valence-corrected chi connectivity index (χ2v) is 5.26. The second-order valence-electron chi connectivity index (χ2n) is 5.26. The predicted octanol–water partition coefficient (Wildman–Crippen LogP) is 3.20. The summed E-state index contributed by atoms with van der Waals surface area (Å²) in [6, 6.07) is 14.1. The van der Waals surface area contributed by atoms with E-state index >= 15 is 0 Å². The first-order valence-electron chi connectivity index (χ1n) is 7.11. The lowest BCUT2D eigenvalue weighted by atomic mass is 10.1. The molecule has 0 saturated carbocycles. The van der Waals surface area contributed by atoms with Gasteiger partial charge in [0.25, 0.3) is 0 Å². The molecule has 0 spiro atoms. The van der Waals surface area contributed by atoms with Crippen molar-refractivity contribution in [1.82, 2.24) is 0 Å². The van der Waals surface area contributed by atoms with Crippen LogP contribution in [0.3, 0.4) is 0 Å². The van der Waals surface area contributed by atoms with Gasteiger partial charge in [0.2, 0.25) is 0 Å². The van der Waals surface area contributed by atoms with E-state index in [1.165, 1.54) is 0 Å². The first-order chi connectivity index (χ1) is 10.2. The van der Waals surface area contributed by atoms with Gasteiger partial charge in [0.05, 0.1) is 18.0 Å². The molecule has 0 amide bonds. The molecule has 2 aromatic carbocycles. The summed E-state index contributed by atoms with van der Waals surface area (Å²) >= 11 is 0. The van der Waals surface area contributed by atoms with Crippen LogP contribution in [0.25, 0.3) is 0 Å². The third kappa shape index (κ3) is 2.57. The van der Waals surface area contributed by atoms with Crippen LogP contribution in [0.5, 0.6) is 5.75 Å². The molecule has 0 aromatic heterocycles. The SMILES string of the molecule is Cc1ccc(N2CCCOc3ccccc32)c(C(=N)N)c1. The molecule has 2 aromatic rings. The number of nitrogen functional groups attached to an aromatic ring is 1. The predicted molar refractivity (Wildman–Crippen MR) is 85.8 cm³/mol. The smallest absolute Gasteiger partial charge is 0.142 e. The zero-order chi connectivity index (χ0) is 14.8. The maximum absolute atomic E-state index is 7.85. The van der Waals surface area contributed by atoms with Crippen LogP contribution in [0.15, 0.2) is 42.5 Å². The molecule has 0 atom stereocenters. The van der Waals surface area contributed by atoms with Gasteiger partial charge in [-0.1, -0.05) is 23.8 Å². The Morgan fingerprint density at radius 1 is 1.19 bits per heavy atom. The number of ether oxygens (including phenoxy) is 1. The highest BCUT2D eigenvalue weighted by Crippen LogP contribution is 2.37. The van der Waals surface area contributed by atoms with Crippen LogP contribution in [0.1, 0.15) is 17.5 Å². The molecular weight excluding hydrogens is 262 g/mol. The largest absolute Gasteiger partial charge is 0.491 e. The molecule has 0 fully saturated rings. The molecule has 1 aliphatic heterocycles. The molecule has 108 valence electrons. The minimum absolute atomic E-state index is 0.0938. The molecule has 1 heterocycles. The standard InChI is InChI=1S/C17H19N3O/c1-12-7-8-14(13(11-12)17(18)19)20-9-4-10-21-16-6-3-2-5-15(16)20/h2-3,5-8,11H,4,9-10H2,1H3,(H3,18,19). The molecule has 21 heavy (non-hydrogen) atoms. The van der Waals surface area contributed by atoms with E-state index in [1.54, 1.807) is 0 Å². The fourth-order valence-corrected chi connectivity index (χ4v) is 2.68. The fourth-order valence-electron chi connectivity index (χ4n) is 2.68. The lowest BCUT2D eigenvalue weighted by Crippen LogP contribution is -2.22. The van der Waals surface area contributed by atoms with E-state index in [2.05, 4.69) is 11.0 Å². The summed E-state index contributed by atoms with van der Waals surface area (Å²) in [6.07, 6.45) is 0.930. The molecule has 3 rings (SSSR count). The average molecular weight is 281 g/mol. The van der Waals surface area contributed by atoms with Crippen LogP contribution in [-0.4, -0.2) is 19.0 Å². The molecule has 0 bridgehead atoms. The Hall–Kier alpha value is -2.49. The van der Waals surface area contributed by atoms with Crippen LogP contribution in [0, 0.1) is 12.3 Å². The molecular formula is C17H19N3O. The summed E-state index contributed by atoms with van der Waals surface area (Å²) in [6.45, 7) is 3.56. The van der Waals surface area contributed by atoms with Crippen molar-refractivity contribution < 1.29 is 4.74 Å². The van der Waals surface area contributed by atoms with Crippen LogP contribution < -0.4 is 15.4 Å². The molecule has 1 aliphatic rings. The highest BCUT2D eigenvalue weighted by atomic mass is 16.5. The van der Waals surface area contributed by atoms with Gasteiger partial charge in [-0.05, 0) is 37.6 Å². The zero-order valence-corrected chi connectivity index (χ0v) is 12.1. The highest BCUT2D eigenvalue weighted by molar-refractivity contribution is 6.01. The molecule has 0 saturated heterocycles. The number of fused-ring (bicyclic) bond motifs is 1. The van der Waals surface area contributed by atoms with E-state index < -0.39 is 0 Å². The van der Waals surface area contributed by atoms with Crippen molar-refractivity contribution in [1.29, 1.82) is 5.41 Å².